The molecule has 0 aliphatic heterocycles. The highest BCUT2D eigenvalue weighted by molar-refractivity contribution is 7.98. The molecule has 0 atom stereocenters. The third kappa shape index (κ3) is 3.27. The summed E-state index contributed by atoms with van der Waals surface area (Å²) in [7, 11) is 0. The van der Waals surface area contributed by atoms with Gasteiger partial charge in [0.05, 0.1) is 12.3 Å². The van der Waals surface area contributed by atoms with Crippen LogP contribution >= 0.6 is 11.8 Å². The van der Waals surface area contributed by atoms with Crippen LogP contribution in [-0.2, 0) is 15.5 Å². The number of benzene rings is 1. The highest BCUT2D eigenvalue weighted by Crippen LogP contribution is 2.38. The number of alkyl halides is 2. The Hall–Kier alpha value is -1.95. The van der Waals surface area contributed by atoms with Gasteiger partial charge in [0.25, 0.3) is 0 Å². The van der Waals surface area contributed by atoms with Gasteiger partial charge in [-0.25, -0.2) is 4.79 Å². The van der Waals surface area contributed by atoms with E-state index in [0.717, 1.165) is 11.8 Å². The number of thioether (sulfide) groups is 1. The fourth-order valence-corrected chi connectivity index (χ4v) is 2.59. The fraction of sp³-hybridized carbons (Fsp3) is 0.250. The first kappa shape index (κ1) is 16.4. The van der Waals surface area contributed by atoms with Crippen LogP contribution in [0.5, 0.6) is 0 Å². The van der Waals surface area contributed by atoms with Crippen LogP contribution in [-0.4, -0.2) is 23.8 Å². The van der Waals surface area contributed by atoms with Gasteiger partial charge < -0.3 is 4.74 Å². The number of nitrogens with zero attached hydrogens (tertiary/aromatic N) is 1. The highest BCUT2D eigenvalue weighted by atomic mass is 32.2. The second-order valence-electron chi connectivity index (χ2n) is 4.42. The van der Waals surface area contributed by atoms with Gasteiger partial charge in [0.1, 0.15) is 0 Å². The molecular weight excluding hydrogens is 308 g/mol. The number of rotatable bonds is 5. The Morgan fingerprint density at radius 1 is 1.32 bits per heavy atom. The SMILES string of the molecule is CCOC(=O)C(F)(F)c1cc(-c2ccccn2)ccc1SC. The molecule has 0 saturated heterocycles. The van der Waals surface area contributed by atoms with Crippen molar-refractivity contribution in [3.05, 3.63) is 48.2 Å². The summed E-state index contributed by atoms with van der Waals surface area (Å²) >= 11 is 1.15. The van der Waals surface area contributed by atoms with Crippen molar-refractivity contribution in [2.45, 2.75) is 17.7 Å². The van der Waals surface area contributed by atoms with Gasteiger partial charge in [-0.1, -0.05) is 12.1 Å². The first-order valence-electron chi connectivity index (χ1n) is 6.65. The molecule has 0 amide bonds. The maximum absolute atomic E-state index is 14.4. The molecule has 1 aromatic heterocycles. The van der Waals surface area contributed by atoms with Gasteiger partial charge in [0.15, 0.2) is 0 Å². The van der Waals surface area contributed by atoms with E-state index < -0.39 is 11.9 Å². The van der Waals surface area contributed by atoms with Crippen LogP contribution in [0.4, 0.5) is 8.78 Å². The van der Waals surface area contributed by atoms with Gasteiger partial charge >= 0.3 is 11.9 Å². The monoisotopic (exact) mass is 323 g/mol. The van der Waals surface area contributed by atoms with E-state index in [9.17, 15) is 13.6 Å². The van der Waals surface area contributed by atoms with Gasteiger partial charge in [-0.15, -0.1) is 11.8 Å². The topological polar surface area (TPSA) is 39.2 Å². The summed E-state index contributed by atoms with van der Waals surface area (Å²) in [6, 6.07) is 9.81. The lowest BCUT2D eigenvalue weighted by atomic mass is 10.0. The molecule has 2 aromatic rings. The maximum Gasteiger partial charge on any atom is 0.382 e. The molecule has 0 bridgehead atoms. The molecule has 0 aliphatic carbocycles. The average Bonchev–Trinajstić information content (AvgIpc) is 2.55. The Kier molecular flexibility index (Phi) is 5.13. The molecule has 6 heteroatoms. The number of carbonyl (C=O) groups is 1. The normalized spacial score (nSPS) is 11.3. The third-order valence-corrected chi connectivity index (χ3v) is 3.83. The zero-order chi connectivity index (χ0) is 16.2. The molecule has 116 valence electrons. The molecule has 0 N–H and O–H groups in total. The quantitative estimate of drug-likeness (QED) is 0.613. The second-order valence-corrected chi connectivity index (χ2v) is 5.27. The summed E-state index contributed by atoms with van der Waals surface area (Å²) in [5.41, 5.74) is 0.732. The van der Waals surface area contributed by atoms with Gasteiger partial charge in [0.2, 0.25) is 0 Å². The zero-order valence-electron chi connectivity index (χ0n) is 12.2. The molecule has 0 unspecified atom stereocenters. The van der Waals surface area contributed by atoms with Gasteiger partial charge in [-0.3, -0.25) is 4.98 Å². The van der Waals surface area contributed by atoms with Crippen LogP contribution in [0.15, 0.2) is 47.5 Å². The molecule has 3 nitrogen and oxygen atoms in total. The summed E-state index contributed by atoms with van der Waals surface area (Å²) in [5, 5.41) is 0. The van der Waals surface area contributed by atoms with Crippen LogP contribution in [0.1, 0.15) is 12.5 Å². The molecule has 0 saturated carbocycles. The lowest BCUT2D eigenvalue weighted by Crippen LogP contribution is -2.29. The Balaban J connectivity index is 2.51. The number of hydrogen-bond donors (Lipinski definition) is 0. The van der Waals surface area contributed by atoms with E-state index in [0.29, 0.717) is 16.2 Å². The fourth-order valence-electron chi connectivity index (χ4n) is 1.98. The van der Waals surface area contributed by atoms with Crippen molar-refractivity contribution in [3.8, 4) is 11.3 Å². The number of carbonyl (C=O) groups excluding carboxylic acids is 1. The first-order chi connectivity index (χ1) is 10.5. The van der Waals surface area contributed by atoms with Crippen molar-refractivity contribution in [1.29, 1.82) is 0 Å². The minimum atomic E-state index is -3.70. The van der Waals surface area contributed by atoms with E-state index in [2.05, 4.69) is 9.72 Å². The number of halogens is 2. The summed E-state index contributed by atoms with van der Waals surface area (Å²) in [6.45, 7) is 1.40. The van der Waals surface area contributed by atoms with Crippen LogP contribution < -0.4 is 0 Å². The summed E-state index contributed by atoms with van der Waals surface area (Å²) < 4.78 is 33.2. The van der Waals surface area contributed by atoms with Gasteiger partial charge in [-0.05, 0) is 37.4 Å². The minimum Gasteiger partial charge on any atom is -0.461 e. The Morgan fingerprint density at radius 2 is 2.09 bits per heavy atom. The maximum atomic E-state index is 14.4. The minimum absolute atomic E-state index is 0.0943. The predicted octanol–water partition coefficient (Wildman–Crippen LogP) is 4.13. The molecule has 0 spiro atoms. The van der Waals surface area contributed by atoms with Gasteiger partial charge in [0, 0.05) is 22.2 Å². The number of pyridine rings is 1. The van der Waals surface area contributed by atoms with Crippen molar-refractivity contribution in [1.82, 2.24) is 4.98 Å². The molecule has 0 radical (unpaired) electrons. The Morgan fingerprint density at radius 3 is 2.68 bits per heavy atom. The van der Waals surface area contributed by atoms with E-state index in [-0.39, 0.29) is 12.2 Å². The molecule has 22 heavy (non-hydrogen) atoms. The van der Waals surface area contributed by atoms with E-state index in [1.807, 2.05) is 0 Å². The van der Waals surface area contributed by atoms with Crippen molar-refractivity contribution in [2.24, 2.45) is 0 Å². The van der Waals surface area contributed by atoms with Crippen molar-refractivity contribution in [3.63, 3.8) is 0 Å². The van der Waals surface area contributed by atoms with E-state index >= 15 is 0 Å². The Labute approximate surface area is 131 Å². The number of hydrogen-bond acceptors (Lipinski definition) is 4. The second kappa shape index (κ2) is 6.87. The summed E-state index contributed by atoms with van der Waals surface area (Å²) in [4.78, 5) is 16.1. The largest absolute Gasteiger partial charge is 0.461 e. The van der Waals surface area contributed by atoms with Crippen LogP contribution in [0.2, 0.25) is 0 Å². The lowest BCUT2D eigenvalue weighted by Gasteiger charge is -2.18. The number of aromatic nitrogens is 1. The van der Waals surface area contributed by atoms with E-state index in [4.69, 9.17) is 0 Å². The van der Waals surface area contributed by atoms with Crippen LogP contribution in [0.3, 0.4) is 0 Å². The zero-order valence-corrected chi connectivity index (χ0v) is 13.0. The van der Waals surface area contributed by atoms with Crippen molar-refractivity contribution >= 4 is 17.7 Å². The molecule has 1 heterocycles. The number of ether oxygens (including phenoxy) is 1. The molecule has 2 rings (SSSR count). The average molecular weight is 323 g/mol. The first-order valence-corrected chi connectivity index (χ1v) is 7.88. The predicted molar refractivity (Wildman–Crippen MR) is 82.0 cm³/mol. The molecule has 1 aromatic carbocycles. The van der Waals surface area contributed by atoms with Gasteiger partial charge in [-0.2, -0.15) is 8.78 Å². The summed E-state index contributed by atoms with van der Waals surface area (Å²) in [6.07, 6.45) is 3.27. The Bertz CT molecular complexity index is 662. The highest BCUT2D eigenvalue weighted by Gasteiger charge is 2.44. The lowest BCUT2D eigenvalue weighted by molar-refractivity contribution is -0.173. The van der Waals surface area contributed by atoms with E-state index in [1.54, 1.807) is 42.8 Å². The molecule has 0 fully saturated rings. The smallest absolute Gasteiger partial charge is 0.382 e. The third-order valence-electron chi connectivity index (χ3n) is 3.03. The standard InChI is InChI=1S/C16H15F2NO2S/c1-3-21-15(20)16(17,18)12-10-11(7-8-14(12)22-2)13-6-4-5-9-19-13/h4-10H,3H2,1-2H3. The molecular formula is C16H15F2NO2S. The number of esters is 1. The van der Waals surface area contributed by atoms with E-state index in [1.165, 1.54) is 13.0 Å². The van der Waals surface area contributed by atoms with Crippen LogP contribution in [0.25, 0.3) is 11.3 Å². The summed E-state index contributed by atoms with van der Waals surface area (Å²) in [5.74, 6) is -5.23. The van der Waals surface area contributed by atoms with Crippen molar-refractivity contribution < 1.29 is 18.3 Å². The molecule has 0 aliphatic rings. The van der Waals surface area contributed by atoms with Crippen molar-refractivity contribution in [2.75, 3.05) is 12.9 Å². The van der Waals surface area contributed by atoms with Crippen LogP contribution in [0, 0.1) is 0 Å².